The predicted octanol–water partition coefficient (Wildman–Crippen LogP) is 2.25. The standard InChI is InChI=1S/C12H19NO3S/c1-8(13)17-7-9-5-10(14-2)12(16-4)11(6-9)15-3/h5-6,8H,7,13H2,1-4H3. The summed E-state index contributed by atoms with van der Waals surface area (Å²) in [5.41, 5.74) is 6.81. The van der Waals surface area contributed by atoms with Crippen LogP contribution in [0.4, 0.5) is 0 Å². The zero-order valence-electron chi connectivity index (χ0n) is 10.6. The molecule has 0 fully saturated rings. The van der Waals surface area contributed by atoms with Gasteiger partial charge in [-0.25, -0.2) is 0 Å². The Balaban J connectivity index is 3.00. The van der Waals surface area contributed by atoms with Crippen LogP contribution in [0.5, 0.6) is 17.2 Å². The molecule has 1 rings (SSSR count). The Bertz CT molecular complexity index is 344. The highest BCUT2D eigenvalue weighted by Crippen LogP contribution is 2.39. The number of rotatable bonds is 6. The Morgan fingerprint density at radius 1 is 1.12 bits per heavy atom. The lowest BCUT2D eigenvalue weighted by atomic mass is 10.2. The van der Waals surface area contributed by atoms with E-state index in [0.717, 1.165) is 11.3 Å². The fourth-order valence-corrected chi connectivity index (χ4v) is 2.07. The normalized spacial score (nSPS) is 12.1. The Morgan fingerprint density at radius 3 is 2.00 bits per heavy atom. The number of hydrogen-bond acceptors (Lipinski definition) is 5. The summed E-state index contributed by atoms with van der Waals surface area (Å²) in [6.45, 7) is 1.96. The summed E-state index contributed by atoms with van der Waals surface area (Å²) in [5.74, 6) is 2.78. The SMILES string of the molecule is COc1cc(CSC(C)N)cc(OC)c1OC. The van der Waals surface area contributed by atoms with E-state index in [2.05, 4.69) is 0 Å². The van der Waals surface area contributed by atoms with Crippen molar-refractivity contribution in [3.05, 3.63) is 17.7 Å². The molecule has 5 heteroatoms. The number of hydrogen-bond donors (Lipinski definition) is 1. The number of nitrogens with two attached hydrogens (primary N) is 1. The van der Waals surface area contributed by atoms with Gasteiger partial charge in [0.05, 0.1) is 21.3 Å². The molecule has 0 saturated heterocycles. The van der Waals surface area contributed by atoms with Crippen LogP contribution >= 0.6 is 11.8 Å². The van der Waals surface area contributed by atoms with Gasteiger partial charge in [0, 0.05) is 11.1 Å². The van der Waals surface area contributed by atoms with Gasteiger partial charge in [-0.15, -0.1) is 11.8 Å². The Kier molecular flexibility index (Phi) is 5.44. The van der Waals surface area contributed by atoms with Crippen LogP contribution in [0, 0.1) is 0 Å². The smallest absolute Gasteiger partial charge is 0.203 e. The Labute approximate surface area is 106 Å². The number of thioether (sulfide) groups is 1. The summed E-state index contributed by atoms with van der Waals surface area (Å²) < 4.78 is 15.8. The molecule has 0 bridgehead atoms. The molecule has 0 spiro atoms. The van der Waals surface area contributed by atoms with Crippen molar-refractivity contribution < 1.29 is 14.2 Å². The molecule has 1 unspecified atom stereocenters. The van der Waals surface area contributed by atoms with Gasteiger partial charge in [-0.2, -0.15) is 0 Å². The maximum Gasteiger partial charge on any atom is 0.203 e. The van der Waals surface area contributed by atoms with E-state index in [4.69, 9.17) is 19.9 Å². The third-order valence-electron chi connectivity index (χ3n) is 2.24. The summed E-state index contributed by atoms with van der Waals surface area (Å²) in [5, 5.41) is 0.106. The highest BCUT2D eigenvalue weighted by Gasteiger charge is 2.13. The molecule has 0 radical (unpaired) electrons. The average molecular weight is 257 g/mol. The van der Waals surface area contributed by atoms with E-state index in [9.17, 15) is 0 Å². The fraction of sp³-hybridized carbons (Fsp3) is 0.500. The minimum absolute atomic E-state index is 0.106. The maximum atomic E-state index is 5.71. The van der Waals surface area contributed by atoms with E-state index in [1.165, 1.54) is 0 Å². The molecule has 0 aliphatic heterocycles. The van der Waals surface area contributed by atoms with Gasteiger partial charge < -0.3 is 19.9 Å². The minimum Gasteiger partial charge on any atom is -0.493 e. The van der Waals surface area contributed by atoms with Crippen molar-refractivity contribution in [2.45, 2.75) is 18.1 Å². The quantitative estimate of drug-likeness (QED) is 0.792. The number of ether oxygens (including phenoxy) is 3. The zero-order chi connectivity index (χ0) is 12.8. The van der Waals surface area contributed by atoms with Crippen molar-refractivity contribution in [3.63, 3.8) is 0 Å². The second kappa shape index (κ2) is 6.61. The van der Waals surface area contributed by atoms with Crippen LogP contribution in [0.15, 0.2) is 12.1 Å². The summed E-state index contributed by atoms with van der Waals surface area (Å²) in [6.07, 6.45) is 0. The van der Waals surface area contributed by atoms with Crippen molar-refractivity contribution in [1.82, 2.24) is 0 Å². The van der Waals surface area contributed by atoms with Crippen molar-refractivity contribution >= 4 is 11.8 Å². The van der Waals surface area contributed by atoms with Crippen molar-refractivity contribution in [2.24, 2.45) is 5.73 Å². The summed E-state index contributed by atoms with van der Waals surface area (Å²) >= 11 is 1.66. The molecule has 96 valence electrons. The van der Waals surface area contributed by atoms with Crippen LogP contribution < -0.4 is 19.9 Å². The zero-order valence-corrected chi connectivity index (χ0v) is 11.5. The molecule has 4 nitrogen and oxygen atoms in total. The van der Waals surface area contributed by atoms with E-state index < -0.39 is 0 Å². The van der Waals surface area contributed by atoms with Crippen LogP contribution in [0.25, 0.3) is 0 Å². The molecule has 0 aliphatic rings. The molecule has 1 atom stereocenters. The molecule has 0 aromatic heterocycles. The third-order valence-corrected chi connectivity index (χ3v) is 3.26. The largest absolute Gasteiger partial charge is 0.493 e. The first-order valence-electron chi connectivity index (χ1n) is 5.28. The van der Waals surface area contributed by atoms with E-state index in [0.29, 0.717) is 17.2 Å². The lowest BCUT2D eigenvalue weighted by molar-refractivity contribution is 0.324. The van der Waals surface area contributed by atoms with E-state index >= 15 is 0 Å². The van der Waals surface area contributed by atoms with Gasteiger partial charge in [-0.05, 0) is 24.6 Å². The van der Waals surface area contributed by atoms with Gasteiger partial charge in [-0.3, -0.25) is 0 Å². The molecule has 0 aliphatic carbocycles. The predicted molar refractivity (Wildman–Crippen MR) is 71.0 cm³/mol. The maximum absolute atomic E-state index is 5.71. The first-order valence-corrected chi connectivity index (χ1v) is 6.33. The highest BCUT2D eigenvalue weighted by atomic mass is 32.2. The highest BCUT2D eigenvalue weighted by molar-refractivity contribution is 7.99. The van der Waals surface area contributed by atoms with Crippen molar-refractivity contribution in [2.75, 3.05) is 21.3 Å². The topological polar surface area (TPSA) is 53.7 Å². The lowest BCUT2D eigenvalue weighted by Gasteiger charge is -2.14. The second-order valence-electron chi connectivity index (χ2n) is 3.55. The van der Waals surface area contributed by atoms with Crippen LogP contribution in [0.1, 0.15) is 12.5 Å². The number of methoxy groups -OCH3 is 3. The molecule has 2 N–H and O–H groups in total. The lowest BCUT2D eigenvalue weighted by Crippen LogP contribution is -2.09. The number of benzene rings is 1. The molecular weight excluding hydrogens is 238 g/mol. The van der Waals surface area contributed by atoms with Gasteiger partial charge in [0.1, 0.15) is 0 Å². The minimum atomic E-state index is 0.106. The Morgan fingerprint density at radius 2 is 1.65 bits per heavy atom. The Hall–Kier alpha value is -1.07. The van der Waals surface area contributed by atoms with Gasteiger partial charge in [-0.1, -0.05) is 0 Å². The first-order chi connectivity index (χ1) is 8.12. The molecular formula is C12H19NO3S. The molecule has 0 saturated carbocycles. The van der Waals surface area contributed by atoms with Gasteiger partial charge in [0.2, 0.25) is 5.75 Å². The van der Waals surface area contributed by atoms with Gasteiger partial charge >= 0.3 is 0 Å². The van der Waals surface area contributed by atoms with Crippen molar-refractivity contribution in [1.29, 1.82) is 0 Å². The van der Waals surface area contributed by atoms with E-state index in [-0.39, 0.29) is 5.37 Å². The molecule has 1 aromatic rings. The molecule has 0 heterocycles. The van der Waals surface area contributed by atoms with E-state index in [1.54, 1.807) is 33.1 Å². The van der Waals surface area contributed by atoms with Gasteiger partial charge in [0.15, 0.2) is 11.5 Å². The van der Waals surface area contributed by atoms with Crippen LogP contribution in [0.3, 0.4) is 0 Å². The van der Waals surface area contributed by atoms with E-state index in [1.807, 2.05) is 19.1 Å². The molecule has 0 amide bonds. The first kappa shape index (κ1) is 14.0. The monoisotopic (exact) mass is 257 g/mol. The summed E-state index contributed by atoms with van der Waals surface area (Å²) in [4.78, 5) is 0. The third kappa shape index (κ3) is 3.71. The summed E-state index contributed by atoms with van der Waals surface area (Å²) in [7, 11) is 4.82. The molecule has 1 aromatic carbocycles. The van der Waals surface area contributed by atoms with Crippen molar-refractivity contribution in [3.8, 4) is 17.2 Å². The second-order valence-corrected chi connectivity index (χ2v) is 4.92. The average Bonchev–Trinajstić information content (AvgIpc) is 2.34. The van der Waals surface area contributed by atoms with Crippen LogP contribution in [0.2, 0.25) is 0 Å². The fourth-order valence-electron chi connectivity index (χ4n) is 1.45. The summed E-state index contributed by atoms with van der Waals surface area (Å²) in [6, 6.07) is 3.88. The van der Waals surface area contributed by atoms with Gasteiger partial charge in [0.25, 0.3) is 0 Å². The van der Waals surface area contributed by atoms with Crippen LogP contribution in [-0.2, 0) is 5.75 Å². The molecule has 17 heavy (non-hydrogen) atoms. The van der Waals surface area contributed by atoms with Crippen LogP contribution in [-0.4, -0.2) is 26.7 Å².